The number of hydrogen-bond donors (Lipinski definition) is 1. The molecule has 2 aromatic rings. The van der Waals surface area contributed by atoms with Gasteiger partial charge in [0.2, 0.25) is 0 Å². The van der Waals surface area contributed by atoms with E-state index >= 15 is 0 Å². The maximum absolute atomic E-state index is 12.3. The predicted molar refractivity (Wildman–Crippen MR) is 88.0 cm³/mol. The second-order valence-corrected chi connectivity index (χ2v) is 5.25. The van der Waals surface area contributed by atoms with Crippen LogP contribution in [0.4, 0.5) is 0 Å². The fourth-order valence-electron chi connectivity index (χ4n) is 2.08. The van der Waals surface area contributed by atoms with Crippen LogP contribution in [0.25, 0.3) is 11.6 Å². The van der Waals surface area contributed by atoms with Crippen LogP contribution in [-0.2, 0) is 4.79 Å². The average molecular weight is 282 g/mol. The van der Waals surface area contributed by atoms with E-state index < -0.39 is 0 Å². The van der Waals surface area contributed by atoms with E-state index in [1.807, 2.05) is 68.5 Å². The van der Waals surface area contributed by atoms with E-state index in [2.05, 4.69) is 12.6 Å². The van der Waals surface area contributed by atoms with Gasteiger partial charge >= 0.3 is 0 Å². The van der Waals surface area contributed by atoms with Gasteiger partial charge in [-0.15, -0.1) is 12.6 Å². The summed E-state index contributed by atoms with van der Waals surface area (Å²) < 4.78 is 0. The van der Waals surface area contributed by atoms with Crippen molar-refractivity contribution in [3.05, 3.63) is 65.2 Å². The minimum atomic E-state index is 0.132. The van der Waals surface area contributed by atoms with Crippen molar-refractivity contribution in [2.45, 2.75) is 25.2 Å². The zero-order chi connectivity index (χ0) is 14.5. The Balaban J connectivity index is 2.53. The van der Waals surface area contributed by atoms with Crippen molar-refractivity contribution in [2.24, 2.45) is 0 Å². The zero-order valence-corrected chi connectivity index (χ0v) is 12.7. The Bertz CT molecular complexity index is 642. The number of carbonyl (C=O) groups excluding carboxylic acids is 1. The molecule has 2 rings (SSSR count). The summed E-state index contributed by atoms with van der Waals surface area (Å²) in [5.41, 5.74) is 3.79. The standard InChI is InChI=1S/C18H18OS/c1-3-17(19)16(12-14-7-5-4-6-8-14)15-10-9-13(2)11-18(15)20/h4-12,20H,3H2,1-2H3. The molecule has 2 aromatic carbocycles. The minimum Gasteiger partial charge on any atom is -0.294 e. The van der Waals surface area contributed by atoms with E-state index in [4.69, 9.17) is 0 Å². The van der Waals surface area contributed by atoms with E-state index in [0.717, 1.165) is 27.2 Å². The van der Waals surface area contributed by atoms with Crippen molar-refractivity contribution >= 4 is 30.1 Å². The largest absolute Gasteiger partial charge is 0.294 e. The molecule has 0 aromatic heterocycles. The van der Waals surface area contributed by atoms with Gasteiger partial charge in [0.25, 0.3) is 0 Å². The molecule has 0 aliphatic carbocycles. The lowest BCUT2D eigenvalue weighted by molar-refractivity contribution is -0.113. The Kier molecular flexibility index (Phi) is 4.80. The third kappa shape index (κ3) is 3.40. The smallest absolute Gasteiger partial charge is 0.163 e. The van der Waals surface area contributed by atoms with Crippen molar-refractivity contribution in [3.63, 3.8) is 0 Å². The number of rotatable bonds is 4. The van der Waals surface area contributed by atoms with Crippen molar-refractivity contribution < 1.29 is 4.79 Å². The fraction of sp³-hybridized carbons (Fsp3) is 0.167. The average Bonchev–Trinajstić information content (AvgIpc) is 2.46. The molecule has 0 fully saturated rings. The topological polar surface area (TPSA) is 17.1 Å². The first-order valence-electron chi connectivity index (χ1n) is 6.71. The fourth-order valence-corrected chi connectivity index (χ4v) is 2.48. The first-order chi connectivity index (χ1) is 9.61. The van der Waals surface area contributed by atoms with Gasteiger partial charge in [0.1, 0.15) is 0 Å². The van der Waals surface area contributed by atoms with Gasteiger partial charge in [0, 0.05) is 16.9 Å². The molecule has 0 N–H and O–H groups in total. The van der Waals surface area contributed by atoms with E-state index in [9.17, 15) is 4.79 Å². The molecule has 0 heterocycles. The highest BCUT2D eigenvalue weighted by Gasteiger charge is 2.13. The monoisotopic (exact) mass is 282 g/mol. The van der Waals surface area contributed by atoms with Crippen molar-refractivity contribution in [2.75, 3.05) is 0 Å². The molecule has 102 valence electrons. The molecule has 0 radical (unpaired) electrons. The quantitative estimate of drug-likeness (QED) is 0.484. The number of hydrogen-bond acceptors (Lipinski definition) is 2. The Morgan fingerprint density at radius 1 is 1.15 bits per heavy atom. The van der Waals surface area contributed by atoms with Crippen LogP contribution in [0.3, 0.4) is 0 Å². The van der Waals surface area contributed by atoms with Gasteiger partial charge in [-0.3, -0.25) is 4.79 Å². The predicted octanol–water partition coefficient (Wildman–Crippen LogP) is 4.80. The number of carbonyl (C=O) groups is 1. The molecule has 20 heavy (non-hydrogen) atoms. The van der Waals surface area contributed by atoms with Gasteiger partial charge in [-0.25, -0.2) is 0 Å². The first kappa shape index (κ1) is 14.6. The summed E-state index contributed by atoms with van der Waals surface area (Å²) in [6, 6.07) is 15.9. The minimum absolute atomic E-state index is 0.132. The summed E-state index contributed by atoms with van der Waals surface area (Å²) in [6.45, 7) is 3.90. The molecule has 0 aliphatic heterocycles. The van der Waals surface area contributed by atoms with Gasteiger partial charge < -0.3 is 0 Å². The van der Waals surface area contributed by atoms with Crippen LogP contribution in [0, 0.1) is 6.92 Å². The summed E-state index contributed by atoms with van der Waals surface area (Å²) in [5.74, 6) is 0.132. The van der Waals surface area contributed by atoms with E-state index in [1.54, 1.807) is 0 Å². The van der Waals surface area contributed by atoms with Crippen molar-refractivity contribution in [1.82, 2.24) is 0 Å². The molecule has 0 aliphatic rings. The van der Waals surface area contributed by atoms with E-state index in [0.29, 0.717) is 6.42 Å². The second-order valence-electron chi connectivity index (χ2n) is 4.77. The lowest BCUT2D eigenvalue weighted by atomic mass is 9.96. The molecule has 2 heteroatoms. The van der Waals surface area contributed by atoms with Crippen LogP contribution in [-0.4, -0.2) is 5.78 Å². The van der Waals surface area contributed by atoms with Crippen molar-refractivity contribution in [3.8, 4) is 0 Å². The van der Waals surface area contributed by atoms with Gasteiger partial charge in [0.15, 0.2) is 5.78 Å². The SMILES string of the molecule is CCC(=O)C(=Cc1ccccc1)c1ccc(C)cc1S. The third-order valence-electron chi connectivity index (χ3n) is 3.18. The lowest BCUT2D eigenvalue weighted by Crippen LogP contribution is -2.01. The molecular formula is C18H18OS. The van der Waals surface area contributed by atoms with Crippen LogP contribution in [0.5, 0.6) is 0 Å². The third-order valence-corrected chi connectivity index (χ3v) is 3.55. The number of aryl methyl sites for hydroxylation is 1. The second kappa shape index (κ2) is 6.58. The molecule has 0 saturated carbocycles. The van der Waals surface area contributed by atoms with E-state index in [-0.39, 0.29) is 5.78 Å². The highest BCUT2D eigenvalue weighted by Crippen LogP contribution is 2.27. The summed E-state index contributed by atoms with van der Waals surface area (Å²) in [5, 5.41) is 0. The maximum atomic E-state index is 12.3. The molecule has 0 saturated heterocycles. The maximum Gasteiger partial charge on any atom is 0.163 e. The number of thiol groups is 1. The highest BCUT2D eigenvalue weighted by molar-refractivity contribution is 7.80. The number of allylic oxidation sites excluding steroid dienone is 1. The molecule has 0 amide bonds. The van der Waals surface area contributed by atoms with Crippen LogP contribution in [0.1, 0.15) is 30.0 Å². The highest BCUT2D eigenvalue weighted by atomic mass is 32.1. The van der Waals surface area contributed by atoms with Crippen molar-refractivity contribution in [1.29, 1.82) is 0 Å². The summed E-state index contributed by atoms with van der Waals surface area (Å²) in [7, 11) is 0. The summed E-state index contributed by atoms with van der Waals surface area (Å²) in [4.78, 5) is 13.1. The summed E-state index contributed by atoms with van der Waals surface area (Å²) in [6.07, 6.45) is 2.43. The first-order valence-corrected chi connectivity index (χ1v) is 7.16. The molecular weight excluding hydrogens is 264 g/mol. The number of benzene rings is 2. The van der Waals surface area contributed by atoms with Gasteiger partial charge in [-0.05, 0) is 35.8 Å². The number of ketones is 1. The molecule has 1 nitrogen and oxygen atoms in total. The Hall–Kier alpha value is -1.80. The van der Waals surface area contributed by atoms with Gasteiger partial charge in [-0.2, -0.15) is 0 Å². The molecule has 0 unspecified atom stereocenters. The lowest BCUT2D eigenvalue weighted by Gasteiger charge is -2.10. The Labute approximate surface area is 125 Å². The van der Waals surface area contributed by atoms with E-state index in [1.165, 1.54) is 0 Å². The van der Waals surface area contributed by atoms with Gasteiger partial charge in [0.05, 0.1) is 0 Å². The Morgan fingerprint density at radius 2 is 1.85 bits per heavy atom. The zero-order valence-electron chi connectivity index (χ0n) is 11.8. The van der Waals surface area contributed by atoms with Crippen LogP contribution < -0.4 is 0 Å². The van der Waals surface area contributed by atoms with Crippen LogP contribution >= 0.6 is 12.6 Å². The van der Waals surface area contributed by atoms with Gasteiger partial charge in [-0.1, -0.05) is 49.4 Å². The molecule has 0 bridgehead atoms. The van der Waals surface area contributed by atoms with Crippen LogP contribution in [0.15, 0.2) is 53.4 Å². The van der Waals surface area contributed by atoms with Crippen LogP contribution in [0.2, 0.25) is 0 Å². The normalized spacial score (nSPS) is 11.4. The molecule has 0 spiro atoms. The molecule has 0 atom stereocenters. The summed E-state index contributed by atoms with van der Waals surface area (Å²) >= 11 is 4.51. The number of Topliss-reactive ketones (excluding diaryl/α,β-unsaturated/α-hetero) is 1. The Morgan fingerprint density at radius 3 is 2.45 bits per heavy atom.